The maximum Gasteiger partial charge on any atom is 0.416 e. The average molecular weight is 541 g/mol. The molecule has 2 aromatic carbocycles. The van der Waals surface area contributed by atoms with Gasteiger partial charge in [-0.25, -0.2) is 14.8 Å². The van der Waals surface area contributed by atoms with Gasteiger partial charge in [-0.05, 0) is 30.8 Å². The molecular formula is C25H25F6N5O2. The van der Waals surface area contributed by atoms with E-state index in [9.17, 15) is 36.2 Å². The van der Waals surface area contributed by atoms with Crippen LogP contribution in [0.3, 0.4) is 0 Å². The van der Waals surface area contributed by atoms with Crippen molar-refractivity contribution in [1.29, 1.82) is 0 Å². The molecule has 38 heavy (non-hydrogen) atoms. The lowest BCUT2D eigenvalue weighted by atomic mass is 10.0. The van der Waals surface area contributed by atoms with Crippen LogP contribution in [0.2, 0.25) is 0 Å². The highest BCUT2D eigenvalue weighted by Gasteiger charge is 2.36. The van der Waals surface area contributed by atoms with Crippen LogP contribution in [0.15, 0.2) is 54.7 Å². The minimum absolute atomic E-state index is 0.0605. The Labute approximate surface area is 214 Å². The van der Waals surface area contributed by atoms with Gasteiger partial charge in [0.2, 0.25) is 5.95 Å². The number of aromatic nitrogens is 2. The van der Waals surface area contributed by atoms with Crippen molar-refractivity contribution in [2.24, 2.45) is 0 Å². The van der Waals surface area contributed by atoms with Gasteiger partial charge in [0.1, 0.15) is 5.56 Å². The lowest BCUT2D eigenvalue weighted by molar-refractivity contribution is -0.143. The van der Waals surface area contributed by atoms with Crippen LogP contribution in [0.25, 0.3) is 11.3 Å². The Morgan fingerprint density at radius 1 is 1.00 bits per heavy atom. The van der Waals surface area contributed by atoms with E-state index in [4.69, 9.17) is 0 Å². The molecule has 1 aromatic heterocycles. The molecule has 0 bridgehead atoms. The summed E-state index contributed by atoms with van der Waals surface area (Å²) in [5, 5.41) is 15.1. The van der Waals surface area contributed by atoms with E-state index in [0.29, 0.717) is 23.8 Å². The summed E-state index contributed by atoms with van der Waals surface area (Å²) in [6.07, 6.45) is -8.18. The summed E-state index contributed by atoms with van der Waals surface area (Å²) in [6, 6.07) is 10.9. The average Bonchev–Trinajstić information content (AvgIpc) is 2.89. The van der Waals surface area contributed by atoms with E-state index >= 15 is 0 Å². The van der Waals surface area contributed by atoms with Crippen molar-refractivity contribution in [3.05, 3.63) is 77.0 Å². The van der Waals surface area contributed by atoms with Gasteiger partial charge < -0.3 is 20.6 Å². The Bertz CT molecular complexity index is 1200. The summed E-state index contributed by atoms with van der Waals surface area (Å²) in [7, 11) is 1.44. The molecule has 1 aliphatic heterocycles. The van der Waals surface area contributed by atoms with Crippen molar-refractivity contribution in [3.8, 4) is 11.3 Å². The Morgan fingerprint density at radius 3 is 2.08 bits per heavy atom. The first-order valence-corrected chi connectivity index (χ1v) is 11.4. The van der Waals surface area contributed by atoms with Crippen molar-refractivity contribution in [3.63, 3.8) is 0 Å². The van der Waals surface area contributed by atoms with E-state index in [2.05, 4.69) is 25.5 Å². The van der Waals surface area contributed by atoms with Crippen LogP contribution >= 0.6 is 0 Å². The van der Waals surface area contributed by atoms with E-state index in [1.165, 1.54) is 13.2 Å². The number of carbonyl (C=O) groups is 1. The number of hydrogen-bond acceptors (Lipinski definition) is 6. The highest BCUT2D eigenvalue weighted by molar-refractivity contribution is 5.94. The standard InChI is InChI=1S/C15H16N4O2.C10H9F6N/c20-14(21)12-10-17-15(19-8-6-16-7-9-19)18-13(12)11-4-2-1-3-5-11;1-17-5-6-2-7(9(11,12)13)4-8(3-6)10(14,15)16/h1-5,10,16H,6-9H2,(H,20,21);2-4,17H,5H2,1H3. The van der Waals surface area contributed by atoms with Gasteiger partial charge in [-0.1, -0.05) is 30.3 Å². The summed E-state index contributed by atoms with van der Waals surface area (Å²) < 4.78 is 74.3. The second-order valence-electron chi connectivity index (χ2n) is 8.28. The molecule has 3 aromatic rings. The monoisotopic (exact) mass is 541 g/mol. The van der Waals surface area contributed by atoms with Gasteiger partial charge in [0.25, 0.3) is 0 Å². The molecule has 3 N–H and O–H groups in total. The Hall–Kier alpha value is -3.71. The van der Waals surface area contributed by atoms with Crippen LogP contribution in [-0.4, -0.2) is 54.3 Å². The van der Waals surface area contributed by atoms with Crippen LogP contribution in [0.1, 0.15) is 27.0 Å². The van der Waals surface area contributed by atoms with E-state index < -0.39 is 29.4 Å². The van der Waals surface area contributed by atoms with E-state index in [-0.39, 0.29) is 23.7 Å². The highest BCUT2D eigenvalue weighted by Crippen LogP contribution is 2.36. The molecule has 7 nitrogen and oxygen atoms in total. The first-order valence-electron chi connectivity index (χ1n) is 11.4. The molecule has 13 heteroatoms. The fourth-order valence-electron chi connectivity index (χ4n) is 3.69. The molecule has 204 valence electrons. The fourth-order valence-corrected chi connectivity index (χ4v) is 3.69. The zero-order chi connectivity index (χ0) is 27.9. The number of nitrogens with zero attached hydrogens (tertiary/aromatic N) is 3. The summed E-state index contributed by atoms with van der Waals surface area (Å²) in [5.41, 5.74) is -1.27. The molecule has 0 amide bonds. The first-order chi connectivity index (χ1) is 17.9. The SMILES string of the molecule is CNCc1cc(C(F)(F)F)cc(C(F)(F)F)c1.O=C(O)c1cnc(N2CCNCC2)nc1-c1ccccc1. The molecule has 4 rings (SSSR count). The number of halogens is 6. The molecule has 0 radical (unpaired) electrons. The Morgan fingerprint density at radius 2 is 1.58 bits per heavy atom. The quantitative estimate of drug-likeness (QED) is 0.404. The zero-order valence-electron chi connectivity index (χ0n) is 20.2. The number of aromatic carboxylic acids is 1. The maximum atomic E-state index is 12.4. The van der Waals surface area contributed by atoms with Gasteiger partial charge in [0.05, 0.1) is 16.8 Å². The van der Waals surface area contributed by atoms with Crippen LogP contribution in [-0.2, 0) is 18.9 Å². The van der Waals surface area contributed by atoms with Gasteiger partial charge >= 0.3 is 18.3 Å². The Kier molecular flexibility index (Phi) is 9.28. The first kappa shape index (κ1) is 28.9. The molecule has 2 heterocycles. The van der Waals surface area contributed by atoms with Crippen LogP contribution in [0, 0.1) is 0 Å². The molecule has 0 saturated carbocycles. The van der Waals surface area contributed by atoms with Gasteiger partial charge in [-0.2, -0.15) is 26.3 Å². The van der Waals surface area contributed by atoms with E-state index in [1.807, 2.05) is 30.3 Å². The van der Waals surface area contributed by atoms with Crippen molar-refractivity contribution in [1.82, 2.24) is 20.6 Å². The fraction of sp³-hybridized carbons (Fsp3) is 0.320. The molecule has 0 unspecified atom stereocenters. The number of piperazine rings is 1. The summed E-state index contributed by atoms with van der Waals surface area (Å²) in [4.78, 5) is 22.2. The van der Waals surface area contributed by atoms with Gasteiger partial charge in [0.15, 0.2) is 0 Å². The number of carboxylic acids is 1. The molecule has 0 spiro atoms. The topological polar surface area (TPSA) is 90.4 Å². The van der Waals surface area contributed by atoms with Crippen molar-refractivity contribution in [2.45, 2.75) is 18.9 Å². The highest BCUT2D eigenvalue weighted by atomic mass is 19.4. The van der Waals surface area contributed by atoms with E-state index in [1.54, 1.807) is 0 Å². The number of rotatable bonds is 5. The molecule has 1 fully saturated rings. The third-order valence-corrected chi connectivity index (χ3v) is 5.48. The third kappa shape index (κ3) is 7.65. The number of hydrogen-bond donors (Lipinski definition) is 3. The summed E-state index contributed by atoms with van der Waals surface area (Å²) >= 11 is 0. The largest absolute Gasteiger partial charge is 0.478 e. The van der Waals surface area contributed by atoms with Crippen LogP contribution < -0.4 is 15.5 Å². The number of alkyl halides is 6. The predicted octanol–water partition coefficient (Wildman–Crippen LogP) is 4.70. The lowest BCUT2D eigenvalue weighted by Crippen LogP contribution is -2.44. The number of nitrogens with one attached hydrogen (secondary N) is 2. The van der Waals surface area contributed by atoms with E-state index in [0.717, 1.165) is 31.7 Å². The zero-order valence-corrected chi connectivity index (χ0v) is 20.2. The number of carboxylic acid groups (broad SMARTS) is 1. The predicted molar refractivity (Wildman–Crippen MR) is 129 cm³/mol. The third-order valence-electron chi connectivity index (χ3n) is 5.48. The van der Waals surface area contributed by atoms with Crippen molar-refractivity contribution < 1.29 is 36.2 Å². The number of benzene rings is 2. The van der Waals surface area contributed by atoms with Gasteiger partial charge in [-0.15, -0.1) is 0 Å². The normalized spacial score (nSPS) is 14.0. The van der Waals surface area contributed by atoms with Gasteiger partial charge in [-0.3, -0.25) is 0 Å². The molecular weight excluding hydrogens is 516 g/mol. The van der Waals surface area contributed by atoms with Gasteiger partial charge in [0, 0.05) is 44.5 Å². The second-order valence-corrected chi connectivity index (χ2v) is 8.28. The second kappa shape index (κ2) is 12.2. The maximum absolute atomic E-state index is 12.4. The minimum Gasteiger partial charge on any atom is -0.478 e. The minimum atomic E-state index is -4.79. The van der Waals surface area contributed by atoms with Crippen molar-refractivity contribution in [2.75, 3.05) is 38.1 Å². The number of anilines is 1. The van der Waals surface area contributed by atoms with Crippen LogP contribution in [0.5, 0.6) is 0 Å². The smallest absolute Gasteiger partial charge is 0.416 e. The summed E-state index contributed by atoms with van der Waals surface area (Å²) in [6.45, 7) is 3.34. The van der Waals surface area contributed by atoms with Crippen molar-refractivity contribution >= 4 is 11.9 Å². The summed E-state index contributed by atoms with van der Waals surface area (Å²) in [5.74, 6) is -0.430. The van der Waals surface area contributed by atoms with Crippen LogP contribution in [0.4, 0.5) is 32.3 Å². The molecule has 1 aliphatic rings. The molecule has 0 aliphatic carbocycles. The Balaban J connectivity index is 0.000000216. The lowest BCUT2D eigenvalue weighted by Gasteiger charge is -2.27. The molecule has 1 saturated heterocycles. The molecule has 0 atom stereocenters.